The first kappa shape index (κ1) is 20.7. The highest BCUT2D eigenvalue weighted by molar-refractivity contribution is 7.17. The molecule has 0 radical (unpaired) electrons. The van der Waals surface area contributed by atoms with Crippen molar-refractivity contribution in [2.24, 2.45) is 5.92 Å². The number of aryl methyl sites for hydroxylation is 1. The summed E-state index contributed by atoms with van der Waals surface area (Å²) < 4.78 is 5.15. The number of fused-ring (bicyclic) bond motifs is 3. The lowest BCUT2D eigenvalue weighted by atomic mass is 10.1. The molecule has 3 aromatic heterocycles. The van der Waals surface area contributed by atoms with Crippen molar-refractivity contribution in [3.63, 3.8) is 0 Å². The van der Waals surface area contributed by atoms with E-state index in [0.29, 0.717) is 41.4 Å². The van der Waals surface area contributed by atoms with E-state index in [0.717, 1.165) is 30.6 Å². The Kier molecular flexibility index (Phi) is 5.21. The monoisotopic (exact) mass is 451 g/mol. The Bertz CT molecular complexity index is 1420. The third-order valence-electron chi connectivity index (χ3n) is 5.97. The van der Waals surface area contributed by atoms with E-state index < -0.39 is 0 Å². The van der Waals surface area contributed by atoms with Gasteiger partial charge in [-0.05, 0) is 47.9 Å². The maximum Gasteiger partial charge on any atom is 0.352 e. The predicted molar refractivity (Wildman–Crippen MR) is 126 cm³/mol. The normalized spacial score (nSPS) is 14.5. The van der Waals surface area contributed by atoms with Crippen LogP contribution < -0.4 is 16.1 Å². The van der Waals surface area contributed by atoms with Crippen molar-refractivity contribution in [2.45, 2.75) is 46.2 Å². The summed E-state index contributed by atoms with van der Waals surface area (Å²) in [6.45, 7) is 5.77. The van der Waals surface area contributed by atoms with Crippen LogP contribution >= 0.6 is 11.3 Å². The zero-order valence-corrected chi connectivity index (χ0v) is 19.0. The van der Waals surface area contributed by atoms with Crippen molar-refractivity contribution in [1.29, 1.82) is 0 Å². The minimum absolute atomic E-state index is 0.0973. The van der Waals surface area contributed by atoms with Gasteiger partial charge in [-0.2, -0.15) is 0 Å². The zero-order chi connectivity index (χ0) is 22.4. The van der Waals surface area contributed by atoms with Crippen molar-refractivity contribution in [2.75, 3.05) is 11.4 Å². The van der Waals surface area contributed by atoms with E-state index in [-0.39, 0.29) is 17.2 Å². The molecule has 0 N–H and O–H groups in total. The summed E-state index contributed by atoms with van der Waals surface area (Å²) in [5.74, 6) is 0.954. The highest BCUT2D eigenvalue weighted by Gasteiger charge is 2.22. The van der Waals surface area contributed by atoms with Gasteiger partial charge < -0.3 is 4.90 Å². The van der Waals surface area contributed by atoms with Gasteiger partial charge in [0, 0.05) is 25.2 Å². The Morgan fingerprint density at radius 1 is 1.09 bits per heavy atom. The molecule has 4 heterocycles. The molecule has 1 aliphatic rings. The van der Waals surface area contributed by atoms with Crippen LogP contribution in [0.25, 0.3) is 16.0 Å². The lowest BCUT2D eigenvalue weighted by Gasteiger charge is -2.15. The summed E-state index contributed by atoms with van der Waals surface area (Å²) in [5, 5.41) is 6.39. The van der Waals surface area contributed by atoms with Crippen LogP contribution in [0, 0.1) is 5.92 Å². The van der Waals surface area contributed by atoms with E-state index in [1.54, 1.807) is 19.9 Å². The summed E-state index contributed by atoms with van der Waals surface area (Å²) in [5.41, 5.74) is 2.03. The number of hydrogen-bond donors (Lipinski definition) is 0. The van der Waals surface area contributed by atoms with Crippen molar-refractivity contribution < 1.29 is 4.79 Å². The fraction of sp³-hybridized carbons (Fsp3) is 0.391. The van der Waals surface area contributed by atoms with Crippen molar-refractivity contribution in [1.82, 2.24) is 18.7 Å². The highest BCUT2D eigenvalue weighted by atomic mass is 32.1. The molecule has 5 rings (SSSR count). The first-order chi connectivity index (χ1) is 15.4. The molecule has 4 aromatic rings. The van der Waals surface area contributed by atoms with Crippen LogP contribution in [0.5, 0.6) is 0 Å². The van der Waals surface area contributed by atoms with Crippen LogP contribution in [0.2, 0.25) is 0 Å². The Labute approximate surface area is 188 Å². The molecule has 1 aromatic carbocycles. The molecule has 166 valence electrons. The molecule has 0 aliphatic carbocycles. The smallest absolute Gasteiger partial charge is 0.312 e. The number of benzene rings is 1. The van der Waals surface area contributed by atoms with E-state index in [9.17, 15) is 14.4 Å². The van der Waals surface area contributed by atoms with Gasteiger partial charge in [0.1, 0.15) is 4.70 Å². The average Bonchev–Trinajstić information content (AvgIpc) is 3.48. The second-order valence-electron chi connectivity index (χ2n) is 8.67. The summed E-state index contributed by atoms with van der Waals surface area (Å²) in [7, 11) is 0. The SMILES string of the molecule is CC(C)CCn1c(=O)c2sccc2n2c(=O)n(Cc3ccc(N4CCCC4=O)cc3)nc12. The number of rotatable bonds is 6. The first-order valence-corrected chi connectivity index (χ1v) is 11.8. The van der Waals surface area contributed by atoms with Crippen molar-refractivity contribution >= 4 is 38.9 Å². The summed E-state index contributed by atoms with van der Waals surface area (Å²) >= 11 is 1.35. The molecule has 32 heavy (non-hydrogen) atoms. The van der Waals surface area contributed by atoms with Gasteiger partial charge in [-0.1, -0.05) is 26.0 Å². The Morgan fingerprint density at radius 3 is 2.56 bits per heavy atom. The zero-order valence-electron chi connectivity index (χ0n) is 18.2. The van der Waals surface area contributed by atoms with Crippen molar-refractivity contribution in [3.8, 4) is 0 Å². The fourth-order valence-corrected chi connectivity index (χ4v) is 5.03. The topological polar surface area (TPSA) is 81.6 Å². The maximum absolute atomic E-state index is 13.3. The predicted octanol–water partition coefficient (Wildman–Crippen LogP) is 3.09. The molecule has 1 amide bonds. The Morgan fingerprint density at radius 2 is 1.88 bits per heavy atom. The molecule has 0 bridgehead atoms. The molecular weight excluding hydrogens is 426 g/mol. The van der Waals surface area contributed by atoms with Crippen LogP contribution in [0.1, 0.15) is 38.7 Å². The molecule has 1 fully saturated rings. The van der Waals surface area contributed by atoms with E-state index in [4.69, 9.17) is 0 Å². The number of carbonyl (C=O) groups is 1. The molecule has 0 spiro atoms. The van der Waals surface area contributed by atoms with E-state index in [1.807, 2.05) is 29.6 Å². The largest absolute Gasteiger partial charge is 0.352 e. The van der Waals surface area contributed by atoms with Gasteiger partial charge in [-0.15, -0.1) is 16.4 Å². The Hall–Kier alpha value is -3.20. The fourth-order valence-electron chi connectivity index (χ4n) is 4.20. The van der Waals surface area contributed by atoms with Gasteiger partial charge in [0.25, 0.3) is 5.56 Å². The molecule has 1 aliphatic heterocycles. The number of thiophene rings is 1. The molecule has 8 nitrogen and oxygen atoms in total. The molecule has 0 saturated carbocycles. The number of nitrogens with zero attached hydrogens (tertiary/aromatic N) is 5. The second-order valence-corrected chi connectivity index (χ2v) is 9.58. The van der Waals surface area contributed by atoms with Gasteiger partial charge in [0.15, 0.2) is 0 Å². The second kappa shape index (κ2) is 8.05. The van der Waals surface area contributed by atoms with Crippen LogP contribution in [-0.2, 0) is 17.9 Å². The standard InChI is InChI=1S/C23H25N5O3S/c1-15(2)9-12-26-21(30)20-18(10-13-32-20)28-22(26)24-27(23(28)31)14-16-5-7-17(8-6-16)25-11-3-4-19(25)29/h5-8,10,13,15H,3-4,9,11-12,14H2,1-2H3. The third-order valence-corrected chi connectivity index (χ3v) is 6.86. The lowest BCUT2D eigenvalue weighted by molar-refractivity contribution is -0.117. The molecule has 0 atom stereocenters. The summed E-state index contributed by atoms with van der Waals surface area (Å²) in [6.07, 6.45) is 2.30. The number of carbonyl (C=O) groups excluding carboxylic acids is 1. The quantitative estimate of drug-likeness (QED) is 0.451. The van der Waals surface area contributed by atoms with Crippen LogP contribution in [0.3, 0.4) is 0 Å². The lowest BCUT2D eigenvalue weighted by Crippen LogP contribution is -2.26. The summed E-state index contributed by atoms with van der Waals surface area (Å²) in [6, 6.07) is 9.47. The molecule has 0 unspecified atom stereocenters. The number of amides is 1. The number of aromatic nitrogens is 4. The Balaban J connectivity index is 1.54. The van der Waals surface area contributed by atoms with Crippen LogP contribution in [-0.4, -0.2) is 31.2 Å². The van der Waals surface area contributed by atoms with Crippen molar-refractivity contribution in [3.05, 3.63) is 62.1 Å². The minimum atomic E-state index is -0.263. The van der Waals surface area contributed by atoms with Gasteiger partial charge in [0.2, 0.25) is 11.7 Å². The van der Waals surface area contributed by atoms with Crippen LogP contribution in [0.15, 0.2) is 45.3 Å². The summed E-state index contributed by atoms with van der Waals surface area (Å²) in [4.78, 5) is 40.1. The number of hydrogen-bond acceptors (Lipinski definition) is 5. The highest BCUT2D eigenvalue weighted by Crippen LogP contribution is 2.22. The molecule has 9 heteroatoms. The van der Waals surface area contributed by atoms with Gasteiger partial charge in [0.05, 0.1) is 12.1 Å². The number of anilines is 1. The van der Waals surface area contributed by atoms with E-state index in [1.165, 1.54) is 16.0 Å². The average molecular weight is 452 g/mol. The maximum atomic E-state index is 13.3. The molecular formula is C23H25N5O3S. The van der Waals surface area contributed by atoms with Gasteiger partial charge in [-0.3, -0.25) is 14.2 Å². The van der Waals surface area contributed by atoms with E-state index in [2.05, 4.69) is 18.9 Å². The van der Waals surface area contributed by atoms with Gasteiger partial charge in [-0.25, -0.2) is 13.9 Å². The molecule has 1 saturated heterocycles. The van der Waals surface area contributed by atoms with E-state index >= 15 is 0 Å². The minimum Gasteiger partial charge on any atom is -0.312 e. The van der Waals surface area contributed by atoms with Crippen LogP contribution in [0.4, 0.5) is 5.69 Å². The third kappa shape index (κ3) is 3.46. The first-order valence-electron chi connectivity index (χ1n) is 10.9. The van der Waals surface area contributed by atoms with Gasteiger partial charge >= 0.3 is 5.69 Å².